The summed E-state index contributed by atoms with van der Waals surface area (Å²) in [6.45, 7) is 0. The number of aromatic carboxylic acids is 1. The van der Waals surface area contributed by atoms with E-state index in [0.29, 0.717) is 5.56 Å². The molecule has 0 bridgehead atoms. The van der Waals surface area contributed by atoms with Gasteiger partial charge in [0.2, 0.25) is 5.91 Å². The fraction of sp³-hybridized carbons (Fsp3) is 0. The SMILES string of the molecule is O=C(C=Cc1ccc(Cl)c([N+](=O)[O-])c1)NC(=S)Nc1ccc(I)cc1C(=O)O. The van der Waals surface area contributed by atoms with Crippen molar-refractivity contribution in [2.75, 3.05) is 5.32 Å². The number of carbonyl (C=O) groups excluding carboxylic acids is 1. The molecule has 0 aromatic heterocycles. The molecule has 11 heteroatoms. The molecule has 0 saturated carbocycles. The number of amides is 1. The van der Waals surface area contributed by atoms with Crippen LogP contribution in [-0.4, -0.2) is 27.0 Å². The van der Waals surface area contributed by atoms with Gasteiger partial charge in [0, 0.05) is 15.7 Å². The monoisotopic (exact) mass is 531 g/mol. The van der Waals surface area contributed by atoms with Gasteiger partial charge in [-0.3, -0.25) is 20.2 Å². The van der Waals surface area contributed by atoms with Crippen molar-refractivity contribution in [3.8, 4) is 0 Å². The lowest BCUT2D eigenvalue weighted by atomic mass is 10.2. The van der Waals surface area contributed by atoms with Crippen LogP contribution in [0.2, 0.25) is 5.02 Å². The average Bonchev–Trinajstić information content (AvgIpc) is 2.62. The van der Waals surface area contributed by atoms with E-state index in [2.05, 4.69) is 10.6 Å². The molecule has 8 nitrogen and oxygen atoms in total. The molecule has 0 aliphatic carbocycles. The quantitative estimate of drug-likeness (QED) is 0.175. The first-order chi connectivity index (χ1) is 13.2. The van der Waals surface area contributed by atoms with Gasteiger partial charge in [0.25, 0.3) is 5.69 Å². The Balaban J connectivity index is 2.05. The summed E-state index contributed by atoms with van der Waals surface area (Å²) < 4.78 is 0.732. The first-order valence-corrected chi connectivity index (χ1v) is 9.30. The topological polar surface area (TPSA) is 122 Å². The maximum absolute atomic E-state index is 12.0. The molecule has 1 amide bonds. The van der Waals surface area contributed by atoms with Crippen molar-refractivity contribution >= 4 is 80.8 Å². The van der Waals surface area contributed by atoms with Gasteiger partial charge in [0.1, 0.15) is 5.02 Å². The maximum atomic E-state index is 12.0. The number of nitrogens with zero attached hydrogens (tertiary/aromatic N) is 1. The molecule has 0 spiro atoms. The Hall–Kier alpha value is -2.57. The zero-order chi connectivity index (χ0) is 20.8. The fourth-order valence-electron chi connectivity index (χ4n) is 2.05. The van der Waals surface area contributed by atoms with Crippen LogP contribution in [0.15, 0.2) is 42.5 Å². The van der Waals surface area contributed by atoms with Gasteiger partial charge in [-0.1, -0.05) is 17.7 Å². The van der Waals surface area contributed by atoms with Gasteiger partial charge >= 0.3 is 5.97 Å². The lowest BCUT2D eigenvalue weighted by Gasteiger charge is -2.11. The number of nitrogens with one attached hydrogen (secondary N) is 2. The first kappa shape index (κ1) is 21.7. The van der Waals surface area contributed by atoms with E-state index in [9.17, 15) is 24.8 Å². The van der Waals surface area contributed by atoms with Crippen LogP contribution in [0.1, 0.15) is 15.9 Å². The minimum Gasteiger partial charge on any atom is -0.478 e. The van der Waals surface area contributed by atoms with Crippen molar-refractivity contribution in [3.05, 3.63) is 72.3 Å². The number of carbonyl (C=O) groups is 2. The third-order valence-corrected chi connectivity index (χ3v) is 4.49. The average molecular weight is 532 g/mol. The van der Waals surface area contributed by atoms with E-state index in [1.54, 1.807) is 6.07 Å². The van der Waals surface area contributed by atoms with Crippen molar-refractivity contribution in [2.45, 2.75) is 0 Å². The number of nitro benzene ring substituents is 1. The number of nitro groups is 1. The third-order valence-electron chi connectivity index (χ3n) is 3.29. The second kappa shape index (κ2) is 9.57. The number of halogens is 2. The van der Waals surface area contributed by atoms with Crippen LogP contribution in [0.4, 0.5) is 11.4 Å². The Morgan fingerprint density at radius 2 is 1.96 bits per heavy atom. The van der Waals surface area contributed by atoms with E-state index in [0.717, 1.165) is 9.65 Å². The highest BCUT2D eigenvalue weighted by molar-refractivity contribution is 14.1. The van der Waals surface area contributed by atoms with E-state index in [4.69, 9.17) is 23.8 Å². The Morgan fingerprint density at radius 1 is 1.25 bits per heavy atom. The molecule has 0 heterocycles. The lowest BCUT2D eigenvalue weighted by molar-refractivity contribution is -0.384. The Labute approximate surface area is 182 Å². The normalized spacial score (nSPS) is 10.5. The molecule has 0 radical (unpaired) electrons. The number of carboxylic acids is 1. The predicted octanol–water partition coefficient (Wildman–Crippen LogP) is 4.08. The molecule has 3 N–H and O–H groups in total. The second-order valence-electron chi connectivity index (χ2n) is 5.24. The summed E-state index contributed by atoms with van der Waals surface area (Å²) >= 11 is 12.7. The summed E-state index contributed by atoms with van der Waals surface area (Å²) in [5, 5.41) is 25.0. The van der Waals surface area contributed by atoms with Crippen LogP contribution in [-0.2, 0) is 4.79 Å². The highest BCUT2D eigenvalue weighted by Crippen LogP contribution is 2.25. The Morgan fingerprint density at radius 3 is 2.61 bits per heavy atom. The van der Waals surface area contributed by atoms with Crippen molar-refractivity contribution in [2.24, 2.45) is 0 Å². The number of hydrogen-bond acceptors (Lipinski definition) is 5. The first-order valence-electron chi connectivity index (χ1n) is 7.44. The van der Waals surface area contributed by atoms with Crippen molar-refractivity contribution < 1.29 is 19.6 Å². The van der Waals surface area contributed by atoms with Gasteiger partial charge in [0.05, 0.1) is 16.2 Å². The molecule has 2 aromatic carbocycles. The number of rotatable bonds is 5. The fourth-order valence-corrected chi connectivity index (χ4v) is 2.94. The summed E-state index contributed by atoms with van der Waals surface area (Å²) in [5.74, 6) is -1.74. The van der Waals surface area contributed by atoms with Crippen LogP contribution in [0.5, 0.6) is 0 Å². The number of hydrogen-bond donors (Lipinski definition) is 3. The largest absolute Gasteiger partial charge is 0.478 e. The van der Waals surface area contributed by atoms with Crippen molar-refractivity contribution in [1.82, 2.24) is 5.32 Å². The highest BCUT2D eigenvalue weighted by Gasteiger charge is 2.13. The van der Waals surface area contributed by atoms with Crippen LogP contribution >= 0.6 is 46.4 Å². The highest BCUT2D eigenvalue weighted by atomic mass is 127. The molecular weight excluding hydrogens is 521 g/mol. The van der Waals surface area contributed by atoms with E-state index in [1.165, 1.54) is 36.4 Å². The molecule has 28 heavy (non-hydrogen) atoms. The van der Waals surface area contributed by atoms with Crippen LogP contribution in [0.25, 0.3) is 6.08 Å². The zero-order valence-corrected chi connectivity index (χ0v) is 17.5. The van der Waals surface area contributed by atoms with Crippen molar-refractivity contribution in [1.29, 1.82) is 0 Å². The number of benzene rings is 2. The molecular formula is C17H11ClIN3O5S. The summed E-state index contributed by atoms with van der Waals surface area (Å²) in [5.41, 5.74) is 0.361. The van der Waals surface area contributed by atoms with E-state index in [1.807, 2.05) is 22.6 Å². The van der Waals surface area contributed by atoms with Crippen molar-refractivity contribution in [3.63, 3.8) is 0 Å². The lowest BCUT2D eigenvalue weighted by Crippen LogP contribution is -2.33. The molecule has 2 rings (SSSR count). The standard InChI is InChI=1S/C17H11ClIN3O5S/c18-12-4-1-9(7-14(12)22(26)27)2-6-15(23)21-17(28)20-13-5-3-10(19)8-11(13)16(24)25/h1-8H,(H,24,25)(H2,20,21,23,28). The molecule has 0 unspecified atom stereocenters. The molecule has 0 saturated heterocycles. The summed E-state index contributed by atoms with van der Waals surface area (Å²) in [6.07, 6.45) is 2.49. The summed E-state index contributed by atoms with van der Waals surface area (Å²) in [7, 11) is 0. The number of thiocarbonyl (C=S) groups is 1. The zero-order valence-electron chi connectivity index (χ0n) is 13.8. The smallest absolute Gasteiger partial charge is 0.337 e. The molecule has 0 fully saturated rings. The Bertz CT molecular complexity index is 1010. The summed E-state index contributed by atoms with van der Waals surface area (Å²) in [4.78, 5) is 33.5. The van der Waals surface area contributed by atoms with Gasteiger partial charge in [-0.15, -0.1) is 0 Å². The number of carboxylic acid groups (broad SMARTS) is 1. The molecule has 2 aromatic rings. The van der Waals surface area contributed by atoms with Crippen LogP contribution in [0, 0.1) is 13.7 Å². The van der Waals surface area contributed by atoms with E-state index < -0.39 is 16.8 Å². The van der Waals surface area contributed by atoms with Crippen LogP contribution < -0.4 is 10.6 Å². The van der Waals surface area contributed by atoms with Gasteiger partial charge in [-0.25, -0.2) is 4.79 Å². The molecule has 0 aliphatic rings. The van der Waals surface area contributed by atoms with Gasteiger partial charge in [0.15, 0.2) is 5.11 Å². The van der Waals surface area contributed by atoms with Gasteiger partial charge in [-0.2, -0.15) is 0 Å². The minimum atomic E-state index is -1.14. The van der Waals surface area contributed by atoms with E-state index >= 15 is 0 Å². The predicted molar refractivity (Wildman–Crippen MR) is 118 cm³/mol. The molecule has 0 atom stereocenters. The molecule has 0 aliphatic heterocycles. The minimum absolute atomic E-state index is 0.00696. The second-order valence-corrected chi connectivity index (χ2v) is 7.30. The number of anilines is 1. The third kappa shape index (κ3) is 5.97. The molecule has 144 valence electrons. The maximum Gasteiger partial charge on any atom is 0.337 e. The van der Waals surface area contributed by atoms with E-state index in [-0.39, 0.29) is 27.1 Å². The summed E-state index contributed by atoms with van der Waals surface area (Å²) in [6, 6.07) is 8.78. The van der Waals surface area contributed by atoms with Gasteiger partial charge < -0.3 is 10.4 Å². The van der Waals surface area contributed by atoms with Crippen LogP contribution in [0.3, 0.4) is 0 Å². The Kier molecular flexibility index (Phi) is 7.43. The van der Waals surface area contributed by atoms with Gasteiger partial charge in [-0.05, 0) is 70.7 Å².